The van der Waals surface area contributed by atoms with Gasteiger partial charge in [0, 0.05) is 23.5 Å². The van der Waals surface area contributed by atoms with Gasteiger partial charge in [0.05, 0.1) is 11.7 Å². The third-order valence-electron chi connectivity index (χ3n) is 5.51. The molecule has 0 bridgehead atoms. The molecule has 0 saturated heterocycles. The van der Waals surface area contributed by atoms with E-state index in [9.17, 15) is 14.4 Å². The minimum Gasteiger partial charge on any atom is -0.298 e. The molecule has 0 aliphatic rings. The zero-order valence-corrected chi connectivity index (χ0v) is 17.5. The van der Waals surface area contributed by atoms with Crippen molar-refractivity contribution >= 4 is 34.3 Å². The molecule has 1 unspecified atom stereocenters. The molecular formula is C20H20ClN5O3. The van der Waals surface area contributed by atoms with Gasteiger partial charge in [-0.05, 0) is 45.9 Å². The highest BCUT2D eigenvalue weighted by Crippen LogP contribution is 2.26. The molecule has 0 fully saturated rings. The van der Waals surface area contributed by atoms with Crippen molar-refractivity contribution in [2.45, 2.75) is 33.7 Å². The van der Waals surface area contributed by atoms with Crippen molar-refractivity contribution in [3.05, 3.63) is 61.5 Å². The van der Waals surface area contributed by atoms with Crippen LogP contribution < -0.4 is 11.2 Å². The summed E-state index contributed by atoms with van der Waals surface area (Å²) in [5.74, 6) is 0.228. The van der Waals surface area contributed by atoms with Gasteiger partial charge in [0.2, 0.25) is 5.78 Å². The molecule has 0 aliphatic carbocycles. The van der Waals surface area contributed by atoms with Crippen molar-refractivity contribution in [2.24, 2.45) is 7.05 Å². The fourth-order valence-electron chi connectivity index (χ4n) is 3.66. The van der Waals surface area contributed by atoms with Crippen molar-refractivity contribution in [1.82, 2.24) is 23.1 Å². The van der Waals surface area contributed by atoms with Gasteiger partial charge in [0.25, 0.3) is 5.56 Å². The van der Waals surface area contributed by atoms with E-state index in [1.54, 1.807) is 24.4 Å². The summed E-state index contributed by atoms with van der Waals surface area (Å²) in [7, 11) is 1.55. The molecule has 150 valence electrons. The Morgan fingerprint density at radius 2 is 1.86 bits per heavy atom. The standard InChI is InChI=1S/C20H20ClN5O3/c1-10-11(2)25-16-17(22-19(25)24(10)15-8-6-7-14(21)9-15)23(5)20(29)26(18(16)28)12(3)13(4)27/h6-9,12H,1-5H3. The number of imidazole rings is 2. The molecule has 0 amide bonds. The van der Waals surface area contributed by atoms with E-state index in [1.165, 1.54) is 11.5 Å². The second-order valence-corrected chi connectivity index (χ2v) is 7.65. The van der Waals surface area contributed by atoms with Crippen LogP contribution in [0.25, 0.3) is 22.6 Å². The lowest BCUT2D eigenvalue weighted by Gasteiger charge is -2.12. The van der Waals surface area contributed by atoms with Gasteiger partial charge < -0.3 is 0 Å². The number of rotatable bonds is 3. The van der Waals surface area contributed by atoms with Gasteiger partial charge in [-0.3, -0.25) is 23.1 Å². The van der Waals surface area contributed by atoms with E-state index in [2.05, 4.69) is 4.98 Å². The predicted octanol–water partition coefficient (Wildman–Crippen LogP) is 2.56. The van der Waals surface area contributed by atoms with Gasteiger partial charge in [-0.15, -0.1) is 0 Å². The molecule has 0 radical (unpaired) electrons. The van der Waals surface area contributed by atoms with Crippen molar-refractivity contribution in [1.29, 1.82) is 0 Å². The van der Waals surface area contributed by atoms with E-state index >= 15 is 0 Å². The minimum atomic E-state index is -0.868. The quantitative estimate of drug-likeness (QED) is 0.516. The lowest BCUT2D eigenvalue weighted by atomic mass is 10.2. The Morgan fingerprint density at radius 1 is 1.17 bits per heavy atom. The molecule has 4 rings (SSSR count). The number of carbonyl (C=O) groups is 1. The second-order valence-electron chi connectivity index (χ2n) is 7.21. The highest BCUT2D eigenvalue weighted by Gasteiger charge is 2.25. The number of nitrogens with zero attached hydrogens (tertiary/aromatic N) is 5. The fraction of sp³-hybridized carbons (Fsp3) is 0.300. The van der Waals surface area contributed by atoms with Crippen LogP contribution in [0.4, 0.5) is 0 Å². The number of carbonyl (C=O) groups excluding carboxylic acids is 1. The molecule has 1 aromatic carbocycles. The molecular weight excluding hydrogens is 394 g/mol. The first kappa shape index (κ1) is 19.2. The molecule has 0 saturated carbocycles. The van der Waals surface area contributed by atoms with E-state index in [-0.39, 0.29) is 16.9 Å². The maximum absolute atomic E-state index is 13.3. The first-order valence-electron chi connectivity index (χ1n) is 9.13. The van der Waals surface area contributed by atoms with Gasteiger partial charge in [-0.1, -0.05) is 17.7 Å². The highest BCUT2D eigenvalue weighted by atomic mass is 35.5. The van der Waals surface area contributed by atoms with Crippen LogP contribution in [0.5, 0.6) is 0 Å². The fourth-order valence-corrected chi connectivity index (χ4v) is 3.85. The number of aromatic nitrogens is 5. The van der Waals surface area contributed by atoms with Gasteiger partial charge >= 0.3 is 5.69 Å². The van der Waals surface area contributed by atoms with E-state index in [0.29, 0.717) is 10.8 Å². The van der Waals surface area contributed by atoms with E-state index < -0.39 is 17.3 Å². The number of halogens is 1. The van der Waals surface area contributed by atoms with Crippen molar-refractivity contribution in [3.63, 3.8) is 0 Å². The first-order chi connectivity index (χ1) is 13.6. The van der Waals surface area contributed by atoms with Crippen LogP contribution in [-0.2, 0) is 11.8 Å². The molecule has 1 atom stereocenters. The molecule has 0 spiro atoms. The van der Waals surface area contributed by atoms with E-state index in [1.807, 2.05) is 36.6 Å². The van der Waals surface area contributed by atoms with Gasteiger partial charge in [0.1, 0.15) is 0 Å². The summed E-state index contributed by atoms with van der Waals surface area (Å²) in [5.41, 5.74) is 1.90. The normalized spacial score (nSPS) is 12.8. The van der Waals surface area contributed by atoms with Crippen LogP contribution in [0.2, 0.25) is 5.02 Å². The second kappa shape index (κ2) is 6.45. The summed E-state index contributed by atoms with van der Waals surface area (Å²) < 4.78 is 5.92. The summed E-state index contributed by atoms with van der Waals surface area (Å²) in [6.07, 6.45) is 0. The molecule has 9 heteroatoms. The molecule has 3 aromatic heterocycles. The monoisotopic (exact) mass is 413 g/mol. The predicted molar refractivity (Wildman–Crippen MR) is 111 cm³/mol. The summed E-state index contributed by atoms with van der Waals surface area (Å²) in [5, 5.41) is 0.576. The average molecular weight is 414 g/mol. The van der Waals surface area contributed by atoms with Crippen LogP contribution in [0, 0.1) is 13.8 Å². The topological polar surface area (TPSA) is 83.3 Å². The average Bonchev–Trinajstić information content (AvgIpc) is 3.16. The maximum Gasteiger partial charge on any atom is 0.333 e. The zero-order chi connectivity index (χ0) is 21.2. The van der Waals surface area contributed by atoms with Gasteiger partial charge in [-0.2, -0.15) is 4.98 Å². The number of aryl methyl sites for hydroxylation is 2. The Labute approximate surface area is 170 Å². The highest BCUT2D eigenvalue weighted by molar-refractivity contribution is 6.30. The first-order valence-corrected chi connectivity index (χ1v) is 9.51. The van der Waals surface area contributed by atoms with Crippen LogP contribution in [0.15, 0.2) is 33.9 Å². The Kier molecular flexibility index (Phi) is 4.27. The molecule has 0 aliphatic heterocycles. The summed E-state index contributed by atoms with van der Waals surface area (Å²) in [6, 6.07) is 6.45. The summed E-state index contributed by atoms with van der Waals surface area (Å²) in [4.78, 5) is 42.6. The molecule has 0 N–H and O–H groups in total. The number of ketones is 1. The van der Waals surface area contributed by atoms with Gasteiger partial charge in [0.15, 0.2) is 16.9 Å². The molecule has 29 heavy (non-hydrogen) atoms. The zero-order valence-electron chi connectivity index (χ0n) is 16.7. The van der Waals surface area contributed by atoms with Crippen LogP contribution in [0.1, 0.15) is 31.3 Å². The number of benzene rings is 1. The number of fused-ring (bicyclic) bond motifs is 3. The Bertz CT molecular complexity index is 1440. The van der Waals surface area contributed by atoms with Crippen LogP contribution >= 0.6 is 11.6 Å². The Morgan fingerprint density at radius 3 is 2.48 bits per heavy atom. The summed E-state index contributed by atoms with van der Waals surface area (Å²) >= 11 is 6.17. The summed E-state index contributed by atoms with van der Waals surface area (Å²) in [6.45, 7) is 6.71. The lowest BCUT2D eigenvalue weighted by molar-refractivity contribution is -0.119. The third kappa shape index (κ3) is 2.59. The lowest BCUT2D eigenvalue weighted by Crippen LogP contribution is -2.42. The molecule has 4 aromatic rings. The molecule has 8 nitrogen and oxygen atoms in total. The number of Topliss-reactive ketones (excluding diaryl/α,β-unsaturated/α-hetero) is 1. The van der Waals surface area contributed by atoms with Crippen LogP contribution in [0.3, 0.4) is 0 Å². The Hall–Kier alpha value is -3.13. The SMILES string of the molecule is CC(=O)C(C)n1c(=O)c2c(nc3n(-c4cccc(Cl)c4)c(C)c(C)n23)n(C)c1=O. The van der Waals surface area contributed by atoms with Crippen molar-refractivity contribution < 1.29 is 4.79 Å². The third-order valence-corrected chi connectivity index (χ3v) is 5.74. The smallest absolute Gasteiger partial charge is 0.298 e. The number of hydrogen-bond acceptors (Lipinski definition) is 4. The van der Waals surface area contributed by atoms with Gasteiger partial charge in [-0.25, -0.2) is 9.36 Å². The van der Waals surface area contributed by atoms with Crippen molar-refractivity contribution in [3.8, 4) is 5.69 Å². The largest absolute Gasteiger partial charge is 0.333 e. The Balaban J connectivity index is 2.21. The number of hydrogen-bond donors (Lipinski definition) is 0. The van der Waals surface area contributed by atoms with Crippen molar-refractivity contribution in [2.75, 3.05) is 0 Å². The minimum absolute atomic E-state index is 0.261. The van der Waals surface area contributed by atoms with Crippen LogP contribution in [-0.4, -0.2) is 28.9 Å². The maximum atomic E-state index is 13.3. The van der Waals surface area contributed by atoms with E-state index in [4.69, 9.17) is 11.6 Å². The van der Waals surface area contributed by atoms with E-state index in [0.717, 1.165) is 21.6 Å². The molecule has 3 heterocycles.